The number of aryl methyl sites for hydroxylation is 3. The summed E-state index contributed by atoms with van der Waals surface area (Å²) in [5.74, 6) is 0. The topological polar surface area (TPSA) is 12.0 Å². The molecule has 0 saturated heterocycles. The predicted octanol–water partition coefficient (Wildman–Crippen LogP) is 4.68. The molecule has 0 saturated carbocycles. The lowest BCUT2D eigenvalue weighted by Gasteiger charge is -2.20. The number of halogens is 1. The van der Waals surface area contributed by atoms with Gasteiger partial charge >= 0.3 is 0 Å². The third kappa shape index (κ3) is 2.90. The van der Waals surface area contributed by atoms with Gasteiger partial charge in [-0.3, -0.25) is 0 Å². The minimum absolute atomic E-state index is 0.216. The highest BCUT2D eigenvalue weighted by atomic mass is 79.9. The van der Waals surface area contributed by atoms with E-state index >= 15 is 0 Å². The zero-order valence-corrected chi connectivity index (χ0v) is 13.5. The van der Waals surface area contributed by atoms with Crippen molar-refractivity contribution in [1.29, 1.82) is 0 Å². The maximum atomic E-state index is 3.71. The van der Waals surface area contributed by atoms with Crippen molar-refractivity contribution in [3.8, 4) is 0 Å². The van der Waals surface area contributed by atoms with Gasteiger partial charge in [0.2, 0.25) is 0 Å². The molecular formula is C17H20BrN. The van der Waals surface area contributed by atoms with Crippen LogP contribution in [-0.2, 0) is 0 Å². The van der Waals surface area contributed by atoms with Crippen molar-refractivity contribution in [2.75, 3.05) is 7.05 Å². The summed E-state index contributed by atoms with van der Waals surface area (Å²) in [6, 6.07) is 13.3. The van der Waals surface area contributed by atoms with Gasteiger partial charge in [-0.1, -0.05) is 52.3 Å². The zero-order chi connectivity index (χ0) is 14.0. The van der Waals surface area contributed by atoms with Gasteiger partial charge in [-0.05, 0) is 55.6 Å². The molecule has 2 heteroatoms. The van der Waals surface area contributed by atoms with E-state index in [0.717, 1.165) is 0 Å². The molecule has 0 aliphatic carbocycles. The summed E-state index contributed by atoms with van der Waals surface area (Å²) in [5.41, 5.74) is 6.52. The van der Waals surface area contributed by atoms with Crippen LogP contribution in [-0.4, -0.2) is 7.05 Å². The molecule has 1 unspecified atom stereocenters. The molecule has 0 radical (unpaired) electrons. The molecular weight excluding hydrogens is 298 g/mol. The van der Waals surface area contributed by atoms with Gasteiger partial charge in [0.25, 0.3) is 0 Å². The summed E-state index contributed by atoms with van der Waals surface area (Å²) in [5, 5.41) is 3.42. The van der Waals surface area contributed by atoms with Crippen LogP contribution in [0.25, 0.3) is 0 Å². The Bertz CT molecular complexity index is 590. The second-order valence-corrected chi connectivity index (χ2v) is 5.84. The molecule has 0 aliphatic rings. The van der Waals surface area contributed by atoms with Gasteiger partial charge in [-0.2, -0.15) is 0 Å². The average molecular weight is 318 g/mol. The van der Waals surface area contributed by atoms with Gasteiger partial charge in [0, 0.05) is 4.47 Å². The Morgan fingerprint density at radius 2 is 1.68 bits per heavy atom. The monoisotopic (exact) mass is 317 g/mol. The summed E-state index contributed by atoms with van der Waals surface area (Å²) in [4.78, 5) is 0. The molecule has 19 heavy (non-hydrogen) atoms. The van der Waals surface area contributed by atoms with E-state index in [0.29, 0.717) is 0 Å². The molecule has 1 atom stereocenters. The molecule has 0 bridgehead atoms. The molecule has 2 aromatic rings. The van der Waals surface area contributed by atoms with Gasteiger partial charge in [-0.25, -0.2) is 0 Å². The smallest absolute Gasteiger partial charge is 0.0585 e. The lowest BCUT2D eigenvalue weighted by Crippen LogP contribution is -2.18. The maximum absolute atomic E-state index is 3.71. The predicted molar refractivity (Wildman–Crippen MR) is 85.7 cm³/mol. The van der Waals surface area contributed by atoms with Crippen molar-refractivity contribution in [2.45, 2.75) is 26.8 Å². The summed E-state index contributed by atoms with van der Waals surface area (Å²) < 4.78 is 1.19. The van der Waals surface area contributed by atoms with Gasteiger partial charge in [0.15, 0.2) is 0 Å². The van der Waals surface area contributed by atoms with Crippen LogP contribution in [0.2, 0.25) is 0 Å². The number of nitrogens with one attached hydrogen (secondary N) is 1. The maximum Gasteiger partial charge on any atom is 0.0585 e. The highest BCUT2D eigenvalue weighted by molar-refractivity contribution is 9.10. The molecule has 0 aliphatic heterocycles. The van der Waals surface area contributed by atoms with Gasteiger partial charge in [-0.15, -0.1) is 0 Å². The Kier molecular flexibility index (Phi) is 4.43. The van der Waals surface area contributed by atoms with Crippen LogP contribution in [0.3, 0.4) is 0 Å². The lowest BCUT2D eigenvalue weighted by atomic mass is 9.95. The summed E-state index contributed by atoms with van der Waals surface area (Å²) in [6.07, 6.45) is 0. The van der Waals surface area contributed by atoms with E-state index in [1.165, 1.54) is 32.3 Å². The zero-order valence-electron chi connectivity index (χ0n) is 11.9. The Morgan fingerprint density at radius 1 is 0.947 bits per heavy atom. The van der Waals surface area contributed by atoms with E-state index in [1.807, 2.05) is 7.05 Å². The first kappa shape index (κ1) is 14.3. The van der Waals surface area contributed by atoms with Crippen molar-refractivity contribution >= 4 is 15.9 Å². The summed E-state index contributed by atoms with van der Waals surface area (Å²) >= 11 is 3.71. The van der Waals surface area contributed by atoms with Gasteiger partial charge in [0.05, 0.1) is 6.04 Å². The second kappa shape index (κ2) is 5.89. The molecule has 2 aromatic carbocycles. The number of benzene rings is 2. The Morgan fingerprint density at radius 3 is 2.32 bits per heavy atom. The van der Waals surface area contributed by atoms with Crippen LogP contribution in [0.1, 0.15) is 33.9 Å². The van der Waals surface area contributed by atoms with Crippen LogP contribution in [0, 0.1) is 20.8 Å². The van der Waals surface area contributed by atoms with Crippen molar-refractivity contribution in [2.24, 2.45) is 0 Å². The minimum atomic E-state index is 0.216. The second-order valence-electron chi connectivity index (χ2n) is 5.04. The Balaban J connectivity index is 2.50. The van der Waals surface area contributed by atoms with E-state index in [4.69, 9.17) is 0 Å². The fourth-order valence-corrected chi connectivity index (χ4v) is 2.83. The summed E-state index contributed by atoms with van der Waals surface area (Å²) in [6.45, 7) is 6.44. The molecule has 0 heterocycles. The standard InChI is InChI=1S/C17H20BrN/c1-11-8-9-14(10-13(11)3)17(19-4)15-7-5-6-12(2)16(15)18/h5-10,17,19H,1-4H3. The molecule has 1 nitrogen and oxygen atoms in total. The highest BCUT2D eigenvalue weighted by Gasteiger charge is 2.16. The van der Waals surface area contributed by atoms with Crippen molar-refractivity contribution in [1.82, 2.24) is 5.32 Å². The van der Waals surface area contributed by atoms with E-state index in [2.05, 4.69) is 78.4 Å². The van der Waals surface area contributed by atoms with Crippen LogP contribution >= 0.6 is 15.9 Å². The molecule has 1 N–H and O–H groups in total. The van der Waals surface area contributed by atoms with Crippen molar-refractivity contribution in [3.05, 3.63) is 68.7 Å². The Labute approximate surface area is 124 Å². The van der Waals surface area contributed by atoms with E-state index < -0.39 is 0 Å². The molecule has 0 amide bonds. The molecule has 0 aromatic heterocycles. The minimum Gasteiger partial charge on any atom is -0.309 e. The number of hydrogen-bond acceptors (Lipinski definition) is 1. The summed E-state index contributed by atoms with van der Waals surface area (Å²) in [7, 11) is 2.01. The Hall–Kier alpha value is -1.12. The fraction of sp³-hybridized carbons (Fsp3) is 0.294. The highest BCUT2D eigenvalue weighted by Crippen LogP contribution is 2.31. The van der Waals surface area contributed by atoms with E-state index in [1.54, 1.807) is 0 Å². The van der Waals surface area contributed by atoms with Crippen LogP contribution in [0.15, 0.2) is 40.9 Å². The van der Waals surface area contributed by atoms with Gasteiger partial charge in [0.1, 0.15) is 0 Å². The fourth-order valence-electron chi connectivity index (χ4n) is 2.34. The van der Waals surface area contributed by atoms with Crippen LogP contribution < -0.4 is 5.32 Å². The van der Waals surface area contributed by atoms with Crippen molar-refractivity contribution < 1.29 is 0 Å². The number of hydrogen-bond donors (Lipinski definition) is 1. The van der Waals surface area contributed by atoms with Crippen LogP contribution in [0.4, 0.5) is 0 Å². The first-order valence-corrected chi connectivity index (χ1v) is 7.33. The molecule has 100 valence electrons. The molecule has 0 spiro atoms. The van der Waals surface area contributed by atoms with Crippen molar-refractivity contribution in [3.63, 3.8) is 0 Å². The molecule has 0 fully saturated rings. The van der Waals surface area contributed by atoms with E-state index in [-0.39, 0.29) is 6.04 Å². The number of rotatable bonds is 3. The first-order chi connectivity index (χ1) is 9.04. The molecule has 2 rings (SSSR count). The van der Waals surface area contributed by atoms with E-state index in [9.17, 15) is 0 Å². The van der Waals surface area contributed by atoms with Gasteiger partial charge < -0.3 is 5.32 Å². The third-order valence-electron chi connectivity index (χ3n) is 3.69. The van der Waals surface area contributed by atoms with Crippen LogP contribution in [0.5, 0.6) is 0 Å². The first-order valence-electron chi connectivity index (χ1n) is 6.54. The third-order valence-corrected chi connectivity index (χ3v) is 4.77. The lowest BCUT2D eigenvalue weighted by molar-refractivity contribution is 0.687. The quantitative estimate of drug-likeness (QED) is 0.866. The largest absolute Gasteiger partial charge is 0.309 e. The normalized spacial score (nSPS) is 12.5. The SMILES string of the molecule is CNC(c1ccc(C)c(C)c1)c1cccc(C)c1Br. The average Bonchev–Trinajstić information content (AvgIpc) is 2.39.